The summed E-state index contributed by atoms with van der Waals surface area (Å²) in [4.78, 5) is 28.1. The molecular formula is C26H34N4O6. The predicted octanol–water partition coefficient (Wildman–Crippen LogP) is 0.531. The van der Waals surface area contributed by atoms with E-state index in [2.05, 4.69) is 21.3 Å². The fourth-order valence-corrected chi connectivity index (χ4v) is 4.73. The molecule has 6 N–H and O–H groups in total. The zero-order valence-corrected chi connectivity index (χ0v) is 20.5. The molecule has 0 bridgehead atoms. The molecule has 1 aliphatic heterocycles. The number of ketones is 2. The quantitative estimate of drug-likeness (QED) is 0.185. The van der Waals surface area contributed by atoms with E-state index in [-0.39, 0.29) is 37.0 Å². The Morgan fingerprint density at radius 1 is 0.833 bits per heavy atom. The first-order chi connectivity index (χ1) is 17.6. The highest BCUT2D eigenvalue weighted by molar-refractivity contribution is 6.33. The van der Waals surface area contributed by atoms with Crippen LogP contribution < -0.4 is 26.0 Å². The van der Waals surface area contributed by atoms with Gasteiger partial charge < -0.3 is 41.0 Å². The summed E-state index contributed by atoms with van der Waals surface area (Å²) < 4.78 is 11.3. The zero-order valence-electron chi connectivity index (χ0n) is 20.5. The second kappa shape index (κ2) is 12.3. The number of hydrogen-bond donors (Lipinski definition) is 6. The van der Waals surface area contributed by atoms with Crippen LogP contribution in [0.3, 0.4) is 0 Å². The summed E-state index contributed by atoms with van der Waals surface area (Å²) in [6, 6.07) is 5.47. The standard InChI is InChI=1S/C26H34N4O6/c1-35-20-14-16-4-13-36-15-17(16)21-24(20)26(34)23-19(30-8-6-28-10-12-32)3-2-18(22(23)25(21)33)29-7-5-27-9-11-31/h2-3,14,27-32H,4-13,15H2,1H3. The van der Waals surface area contributed by atoms with Crippen molar-refractivity contribution in [3.05, 3.63) is 51.6 Å². The molecule has 1 heterocycles. The number of carbonyl (C=O) groups excluding carboxylic acids is 2. The topological polar surface area (TPSA) is 141 Å². The van der Waals surface area contributed by atoms with E-state index in [9.17, 15) is 9.59 Å². The van der Waals surface area contributed by atoms with E-state index in [4.69, 9.17) is 19.7 Å². The summed E-state index contributed by atoms with van der Waals surface area (Å²) in [5.74, 6) is -0.0948. The Hall–Kier alpha value is -3.02. The smallest absolute Gasteiger partial charge is 0.200 e. The van der Waals surface area contributed by atoms with Gasteiger partial charge in [0, 0.05) is 56.2 Å². The molecule has 0 fully saturated rings. The van der Waals surface area contributed by atoms with E-state index in [0.29, 0.717) is 86.1 Å². The number of aliphatic hydroxyl groups is 2. The van der Waals surface area contributed by atoms with Gasteiger partial charge in [0.2, 0.25) is 0 Å². The molecule has 1 aliphatic carbocycles. The second-order valence-electron chi connectivity index (χ2n) is 8.64. The number of aliphatic hydroxyl groups excluding tert-OH is 2. The monoisotopic (exact) mass is 498 g/mol. The van der Waals surface area contributed by atoms with Gasteiger partial charge in [-0.1, -0.05) is 0 Å². The van der Waals surface area contributed by atoms with Crippen molar-refractivity contribution in [3.8, 4) is 5.75 Å². The molecule has 0 aromatic heterocycles. The first-order valence-corrected chi connectivity index (χ1v) is 12.3. The lowest BCUT2D eigenvalue weighted by Crippen LogP contribution is -2.30. The maximum absolute atomic E-state index is 14.1. The van der Waals surface area contributed by atoms with Crippen molar-refractivity contribution in [2.45, 2.75) is 13.0 Å². The summed E-state index contributed by atoms with van der Waals surface area (Å²) in [5.41, 5.74) is 4.17. The Kier molecular flexibility index (Phi) is 8.89. The number of hydrogen-bond acceptors (Lipinski definition) is 10. The third-order valence-electron chi connectivity index (χ3n) is 6.40. The largest absolute Gasteiger partial charge is 0.496 e. The molecule has 2 aromatic rings. The summed E-state index contributed by atoms with van der Waals surface area (Å²) in [7, 11) is 1.51. The van der Waals surface area contributed by atoms with Crippen LogP contribution in [0, 0.1) is 0 Å². The van der Waals surface area contributed by atoms with Gasteiger partial charge in [-0.25, -0.2) is 0 Å². The number of methoxy groups -OCH3 is 1. The van der Waals surface area contributed by atoms with Crippen LogP contribution in [0.25, 0.3) is 0 Å². The maximum Gasteiger partial charge on any atom is 0.200 e. The van der Waals surface area contributed by atoms with Crippen LogP contribution in [0.15, 0.2) is 18.2 Å². The Balaban J connectivity index is 1.75. The minimum absolute atomic E-state index is 0.0422. The van der Waals surface area contributed by atoms with Crippen LogP contribution in [0.4, 0.5) is 11.4 Å². The highest BCUT2D eigenvalue weighted by atomic mass is 16.5. The minimum atomic E-state index is -0.266. The predicted molar refractivity (Wildman–Crippen MR) is 137 cm³/mol. The molecule has 10 heteroatoms. The van der Waals surface area contributed by atoms with Crippen molar-refractivity contribution in [2.75, 3.05) is 76.8 Å². The lowest BCUT2D eigenvalue weighted by atomic mass is 9.78. The van der Waals surface area contributed by atoms with Gasteiger partial charge >= 0.3 is 0 Å². The average Bonchev–Trinajstić information content (AvgIpc) is 2.90. The normalized spacial score (nSPS) is 14.2. The number of carbonyl (C=O) groups is 2. The fourth-order valence-electron chi connectivity index (χ4n) is 4.73. The number of anilines is 2. The van der Waals surface area contributed by atoms with E-state index >= 15 is 0 Å². The molecular weight excluding hydrogens is 464 g/mol. The highest BCUT2D eigenvalue weighted by Gasteiger charge is 2.39. The summed E-state index contributed by atoms with van der Waals surface area (Å²) in [5, 5.41) is 30.7. The summed E-state index contributed by atoms with van der Waals surface area (Å²) in [6.07, 6.45) is 0.650. The first-order valence-electron chi connectivity index (χ1n) is 12.3. The fraction of sp³-hybridized carbons (Fsp3) is 0.462. The van der Waals surface area contributed by atoms with Gasteiger partial charge in [-0.2, -0.15) is 0 Å². The lowest BCUT2D eigenvalue weighted by Gasteiger charge is -2.29. The molecule has 0 saturated heterocycles. The number of benzene rings is 2. The molecule has 0 saturated carbocycles. The SMILES string of the molecule is COc1cc2c(c3c1C(=O)c1c(NCCNCCO)ccc(NCCNCCO)c1C3=O)COCC2. The van der Waals surface area contributed by atoms with Crippen molar-refractivity contribution < 1.29 is 29.3 Å². The third kappa shape index (κ3) is 5.23. The Labute approximate surface area is 210 Å². The maximum atomic E-state index is 14.1. The Bertz CT molecular complexity index is 1120. The van der Waals surface area contributed by atoms with Crippen LogP contribution in [0.1, 0.15) is 43.0 Å². The number of fused-ring (bicyclic) bond motifs is 4. The van der Waals surface area contributed by atoms with Crippen LogP contribution in [-0.2, 0) is 17.8 Å². The van der Waals surface area contributed by atoms with Crippen LogP contribution in [-0.4, -0.2) is 88.0 Å². The van der Waals surface area contributed by atoms with Gasteiger partial charge in [-0.3, -0.25) is 9.59 Å². The molecule has 0 amide bonds. The number of ether oxygens (including phenoxy) is 2. The van der Waals surface area contributed by atoms with E-state index in [1.165, 1.54) is 7.11 Å². The van der Waals surface area contributed by atoms with Gasteiger partial charge in [0.1, 0.15) is 5.75 Å². The second-order valence-corrected chi connectivity index (χ2v) is 8.64. The van der Waals surface area contributed by atoms with Crippen LogP contribution in [0.5, 0.6) is 5.75 Å². The molecule has 36 heavy (non-hydrogen) atoms. The third-order valence-corrected chi connectivity index (χ3v) is 6.40. The van der Waals surface area contributed by atoms with Crippen LogP contribution >= 0.6 is 0 Å². The first kappa shape index (κ1) is 26.1. The number of nitrogens with one attached hydrogen (secondary N) is 4. The van der Waals surface area contributed by atoms with Crippen molar-refractivity contribution in [1.29, 1.82) is 0 Å². The van der Waals surface area contributed by atoms with Gasteiger partial charge in [0.05, 0.1) is 50.2 Å². The molecule has 0 unspecified atom stereocenters. The van der Waals surface area contributed by atoms with Crippen molar-refractivity contribution in [2.24, 2.45) is 0 Å². The molecule has 0 radical (unpaired) electrons. The number of rotatable bonds is 13. The Morgan fingerprint density at radius 3 is 1.97 bits per heavy atom. The van der Waals surface area contributed by atoms with Crippen molar-refractivity contribution in [1.82, 2.24) is 10.6 Å². The van der Waals surface area contributed by atoms with Gasteiger partial charge in [0.15, 0.2) is 11.6 Å². The van der Waals surface area contributed by atoms with Gasteiger partial charge in [0.25, 0.3) is 0 Å². The Morgan fingerprint density at radius 2 is 1.42 bits per heavy atom. The highest BCUT2D eigenvalue weighted by Crippen LogP contribution is 2.42. The van der Waals surface area contributed by atoms with E-state index in [1.807, 2.05) is 12.1 Å². The van der Waals surface area contributed by atoms with Crippen molar-refractivity contribution >= 4 is 22.9 Å². The molecule has 4 rings (SSSR count). The van der Waals surface area contributed by atoms with E-state index < -0.39 is 0 Å². The average molecular weight is 499 g/mol. The van der Waals surface area contributed by atoms with Gasteiger partial charge in [-0.15, -0.1) is 0 Å². The lowest BCUT2D eigenvalue weighted by molar-refractivity contribution is 0.0951. The molecule has 0 spiro atoms. The molecule has 0 atom stereocenters. The minimum Gasteiger partial charge on any atom is -0.496 e. The summed E-state index contributed by atoms with van der Waals surface area (Å²) >= 11 is 0. The van der Waals surface area contributed by atoms with E-state index in [0.717, 1.165) is 11.1 Å². The summed E-state index contributed by atoms with van der Waals surface area (Å²) in [6.45, 7) is 4.05. The zero-order chi connectivity index (χ0) is 25.5. The molecule has 10 nitrogen and oxygen atoms in total. The molecule has 2 aliphatic rings. The van der Waals surface area contributed by atoms with Crippen molar-refractivity contribution in [3.63, 3.8) is 0 Å². The molecule has 194 valence electrons. The van der Waals surface area contributed by atoms with Crippen LogP contribution in [0.2, 0.25) is 0 Å². The van der Waals surface area contributed by atoms with E-state index in [1.54, 1.807) is 6.07 Å². The van der Waals surface area contributed by atoms with Gasteiger partial charge in [-0.05, 0) is 35.7 Å². The molecule has 2 aromatic carbocycles.